The molecule has 1 heterocycles. The molecule has 0 amide bonds. The first-order valence-electron chi connectivity index (χ1n) is 5.71. The average molecular weight is 262 g/mol. The minimum absolute atomic E-state index is 0.0167. The first-order chi connectivity index (χ1) is 8.34. The van der Waals surface area contributed by atoms with Crippen molar-refractivity contribution in [2.24, 2.45) is 11.7 Å². The van der Waals surface area contributed by atoms with E-state index in [0.717, 1.165) is 12.3 Å². The minimum Gasteiger partial charge on any atom is -0.351 e. The smallest absolute Gasteiger partial charge is 0.351 e. The van der Waals surface area contributed by atoms with E-state index in [1.165, 1.54) is 0 Å². The average Bonchev–Trinajstić information content (AvgIpc) is 2.27. The predicted octanol–water partition coefficient (Wildman–Crippen LogP) is 2.28. The Morgan fingerprint density at radius 2 is 2.06 bits per heavy atom. The Morgan fingerprint density at radius 1 is 1.39 bits per heavy atom. The quantitative estimate of drug-likeness (QED) is 0.854. The first-order valence-corrected chi connectivity index (χ1v) is 5.71. The fraction of sp³-hybridized carbons (Fsp3) is 0.636. The second-order valence-electron chi connectivity index (χ2n) is 4.34. The van der Waals surface area contributed by atoms with Crippen LogP contribution < -0.4 is 11.1 Å². The van der Waals surface area contributed by atoms with Gasteiger partial charge in [0.2, 0.25) is 5.95 Å². The topological polar surface area (TPSA) is 63.8 Å². The summed E-state index contributed by atoms with van der Waals surface area (Å²) < 4.78 is 37.4. The van der Waals surface area contributed by atoms with Gasteiger partial charge in [0.1, 0.15) is 5.69 Å². The number of nitrogens with one attached hydrogen (secondary N) is 1. The zero-order valence-electron chi connectivity index (χ0n) is 10.3. The van der Waals surface area contributed by atoms with Crippen molar-refractivity contribution in [1.29, 1.82) is 0 Å². The van der Waals surface area contributed by atoms with Crippen molar-refractivity contribution in [2.45, 2.75) is 32.5 Å². The molecule has 102 valence electrons. The molecule has 0 aliphatic heterocycles. The molecule has 1 aromatic heterocycles. The predicted molar refractivity (Wildman–Crippen MR) is 63.0 cm³/mol. The maximum atomic E-state index is 12.5. The van der Waals surface area contributed by atoms with Crippen molar-refractivity contribution in [3.63, 3.8) is 0 Å². The molecular formula is C11H17F3N4. The summed E-state index contributed by atoms with van der Waals surface area (Å²) in [4.78, 5) is 7.25. The molecule has 1 unspecified atom stereocenters. The van der Waals surface area contributed by atoms with Gasteiger partial charge in [-0.2, -0.15) is 13.2 Å². The van der Waals surface area contributed by atoms with Gasteiger partial charge >= 0.3 is 6.18 Å². The Bertz CT molecular complexity index is 379. The summed E-state index contributed by atoms with van der Waals surface area (Å²) in [5.41, 5.74) is 4.51. The molecule has 0 saturated heterocycles. The summed E-state index contributed by atoms with van der Waals surface area (Å²) in [5, 5.41) is 2.89. The van der Waals surface area contributed by atoms with E-state index in [1.54, 1.807) is 0 Å². The van der Waals surface area contributed by atoms with Crippen molar-refractivity contribution in [1.82, 2.24) is 9.97 Å². The molecule has 1 aromatic rings. The molecule has 4 nitrogen and oxygen atoms in total. The Balaban J connectivity index is 2.83. The number of hydrogen-bond donors (Lipinski definition) is 2. The van der Waals surface area contributed by atoms with E-state index in [2.05, 4.69) is 15.3 Å². The lowest BCUT2D eigenvalue weighted by Gasteiger charge is -2.21. The van der Waals surface area contributed by atoms with Crippen LogP contribution in [-0.4, -0.2) is 22.6 Å². The van der Waals surface area contributed by atoms with Gasteiger partial charge < -0.3 is 11.1 Å². The van der Waals surface area contributed by atoms with Crippen molar-refractivity contribution in [3.8, 4) is 0 Å². The number of aromatic nitrogens is 2. The molecule has 0 saturated carbocycles. The van der Waals surface area contributed by atoms with Gasteiger partial charge in [0.15, 0.2) is 0 Å². The number of nitrogens with two attached hydrogens (primary N) is 1. The monoisotopic (exact) mass is 262 g/mol. The van der Waals surface area contributed by atoms with Crippen molar-refractivity contribution in [3.05, 3.63) is 18.0 Å². The summed E-state index contributed by atoms with van der Waals surface area (Å²) in [6.45, 7) is 4.37. The maximum Gasteiger partial charge on any atom is 0.433 e. The molecule has 0 spiro atoms. The largest absolute Gasteiger partial charge is 0.433 e. The molecule has 0 aliphatic rings. The van der Waals surface area contributed by atoms with E-state index >= 15 is 0 Å². The number of halogens is 3. The highest BCUT2D eigenvalue weighted by Gasteiger charge is 2.32. The van der Waals surface area contributed by atoms with E-state index in [9.17, 15) is 13.2 Å². The molecule has 18 heavy (non-hydrogen) atoms. The molecular weight excluding hydrogens is 245 g/mol. The fourth-order valence-electron chi connectivity index (χ4n) is 1.50. The van der Waals surface area contributed by atoms with Gasteiger partial charge in [-0.25, -0.2) is 9.97 Å². The second kappa shape index (κ2) is 5.99. The van der Waals surface area contributed by atoms with Crippen LogP contribution in [0.25, 0.3) is 0 Å². The summed E-state index contributed by atoms with van der Waals surface area (Å²) in [6.07, 6.45) is -2.71. The van der Waals surface area contributed by atoms with Crippen molar-refractivity contribution >= 4 is 5.95 Å². The molecule has 1 rings (SSSR count). The fourth-order valence-corrected chi connectivity index (χ4v) is 1.50. The summed E-state index contributed by atoms with van der Waals surface area (Å²) in [6, 6.07) is 0.803. The van der Waals surface area contributed by atoms with Crippen molar-refractivity contribution in [2.75, 3.05) is 11.9 Å². The second-order valence-corrected chi connectivity index (χ2v) is 4.34. The Morgan fingerprint density at radius 3 is 2.56 bits per heavy atom. The third-order valence-electron chi connectivity index (χ3n) is 2.54. The zero-order valence-corrected chi connectivity index (χ0v) is 10.3. The molecule has 0 aliphatic carbocycles. The standard InChI is InChI=1S/C11H17F3N4/c1-7(2)8(3-5-15)17-10-16-6-4-9(18-10)11(12,13)14/h4,6-8H,3,5,15H2,1-2H3,(H,16,17,18). The van der Waals surface area contributed by atoms with Gasteiger partial charge in [0, 0.05) is 12.2 Å². The number of nitrogens with zero attached hydrogens (tertiary/aromatic N) is 2. The number of alkyl halides is 3. The van der Waals surface area contributed by atoms with Crippen molar-refractivity contribution < 1.29 is 13.2 Å². The first kappa shape index (κ1) is 14.7. The van der Waals surface area contributed by atoms with Crippen LogP contribution in [0.1, 0.15) is 26.0 Å². The van der Waals surface area contributed by atoms with Gasteiger partial charge in [-0.3, -0.25) is 0 Å². The van der Waals surface area contributed by atoms with Crippen LogP contribution in [0, 0.1) is 5.92 Å². The van der Waals surface area contributed by atoms with E-state index in [1.807, 2.05) is 13.8 Å². The summed E-state index contributed by atoms with van der Waals surface area (Å²) in [5.74, 6) is 0.212. The number of anilines is 1. The van der Waals surface area contributed by atoms with E-state index in [4.69, 9.17) is 5.73 Å². The van der Waals surface area contributed by atoms with Gasteiger partial charge in [0.05, 0.1) is 0 Å². The highest BCUT2D eigenvalue weighted by atomic mass is 19.4. The summed E-state index contributed by atoms with van der Waals surface area (Å²) >= 11 is 0. The summed E-state index contributed by atoms with van der Waals surface area (Å²) in [7, 11) is 0. The lowest BCUT2D eigenvalue weighted by Crippen LogP contribution is -2.29. The maximum absolute atomic E-state index is 12.5. The van der Waals surface area contributed by atoms with Crippen LogP contribution in [-0.2, 0) is 6.18 Å². The SMILES string of the molecule is CC(C)C(CCN)Nc1nccc(C(F)(F)F)n1. The van der Waals surface area contributed by atoms with Gasteiger partial charge in [0.25, 0.3) is 0 Å². The molecule has 0 radical (unpaired) electrons. The van der Waals surface area contributed by atoms with Crippen LogP contribution >= 0.6 is 0 Å². The van der Waals surface area contributed by atoms with Crippen LogP contribution in [0.3, 0.4) is 0 Å². The normalized spacial score (nSPS) is 13.7. The Hall–Kier alpha value is -1.37. The third-order valence-corrected chi connectivity index (χ3v) is 2.54. The molecule has 0 aromatic carbocycles. The highest BCUT2D eigenvalue weighted by molar-refractivity contribution is 5.27. The van der Waals surface area contributed by atoms with Gasteiger partial charge in [-0.15, -0.1) is 0 Å². The molecule has 3 N–H and O–H groups in total. The molecule has 0 fully saturated rings. The minimum atomic E-state index is -4.46. The van der Waals surface area contributed by atoms with Crippen LogP contribution in [0.2, 0.25) is 0 Å². The molecule has 1 atom stereocenters. The van der Waals surface area contributed by atoms with Crippen LogP contribution in [0.15, 0.2) is 12.3 Å². The van der Waals surface area contributed by atoms with E-state index in [-0.39, 0.29) is 17.9 Å². The zero-order chi connectivity index (χ0) is 13.8. The Labute approximate surface area is 104 Å². The van der Waals surface area contributed by atoms with Gasteiger partial charge in [-0.1, -0.05) is 13.8 Å². The molecule has 7 heteroatoms. The molecule has 0 bridgehead atoms. The Kier molecular flexibility index (Phi) is 4.89. The van der Waals surface area contributed by atoms with E-state index in [0.29, 0.717) is 13.0 Å². The highest BCUT2D eigenvalue weighted by Crippen LogP contribution is 2.27. The van der Waals surface area contributed by atoms with Crippen LogP contribution in [0.4, 0.5) is 19.1 Å². The number of rotatable bonds is 5. The lowest BCUT2D eigenvalue weighted by molar-refractivity contribution is -0.141. The van der Waals surface area contributed by atoms with Crippen LogP contribution in [0.5, 0.6) is 0 Å². The third kappa shape index (κ3) is 4.14. The number of hydrogen-bond acceptors (Lipinski definition) is 4. The van der Waals surface area contributed by atoms with E-state index < -0.39 is 11.9 Å². The lowest BCUT2D eigenvalue weighted by atomic mass is 10.0. The van der Waals surface area contributed by atoms with Gasteiger partial charge in [-0.05, 0) is 24.9 Å².